The lowest BCUT2D eigenvalue weighted by Gasteiger charge is -2.20. The number of azide groups is 1. The number of amides is 1. The lowest BCUT2D eigenvalue weighted by Crippen LogP contribution is -2.37. The summed E-state index contributed by atoms with van der Waals surface area (Å²) in [5.74, 6) is 0. The zero-order valence-corrected chi connectivity index (χ0v) is 6.96. The van der Waals surface area contributed by atoms with Crippen LogP contribution in [-0.4, -0.2) is 35.3 Å². The second kappa shape index (κ2) is 4.54. The van der Waals surface area contributed by atoms with E-state index in [1.54, 1.807) is 0 Å². The van der Waals surface area contributed by atoms with Crippen LogP contribution in [-0.2, 0) is 4.84 Å². The van der Waals surface area contributed by atoms with Gasteiger partial charge in [-0.3, -0.25) is 0 Å². The topological polar surface area (TPSA) is 98.5 Å². The van der Waals surface area contributed by atoms with E-state index < -0.39 is 6.09 Å². The first-order valence-electron chi connectivity index (χ1n) is 3.92. The number of carbonyl (C=O) groups is 1. The Morgan fingerprint density at radius 1 is 1.85 bits per heavy atom. The zero-order chi connectivity index (χ0) is 9.68. The van der Waals surface area contributed by atoms with Crippen molar-refractivity contribution in [3.05, 3.63) is 10.4 Å². The second-order valence-corrected chi connectivity index (χ2v) is 2.70. The molecule has 1 amide bonds. The van der Waals surface area contributed by atoms with Crippen LogP contribution in [0.3, 0.4) is 0 Å². The van der Waals surface area contributed by atoms with Crippen molar-refractivity contribution in [2.45, 2.75) is 18.9 Å². The molecule has 1 N–H and O–H groups in total. The Morgan fingerprint density at radius 3 is 3.23 bits per heavy atom. The fourth-order valence-electron chi connectivity index (χ4n) is 1.37. The Kier molecular flexibility index (Phi) is 3.36. The van der Waals surface area contributed by atoms with Gasteiger partial charge in [0.1, 0.15) is 5.28 Å². The van der Waals surface area contributed by atoms with Gasteiger partial charge in [-0.15, -0.1) is 0 Å². The summed E-state index contributed by atoms with van der Waals surface area (Å²) in [6, 6.07) is -0.207. The predicted molar refractivity (Wildman–Crippen MR) is 42.4 cm³/mol. The molecule has 1 saturated heterocycles. The van der Waals surface area contributed by atoms with Crippen LogP contribution in [0.1, 0.15) is 12.8 Å². The summed E-state index contributed by atoms with van der Waals surface area (Å²) in [4.78, 5) is 18.9. The van der Waals surface area contributed by atoms with Crippen molar-refractivity contribution >= 4 is 6.09 Å². The van der Waals surface area contributed by atoms with Crippen LogP contribution in [0, 0.1) is 0 Å². The number of aliphatic hydroxyl groups excluding tert-OH is 1. The Morgan fingerprint density at radius 2 is 2.62 bits per heavy atom. The van der Waals surface area contributed by atoms with Crippen LogP contribution in [0.5, 0.6) is 0 Å². The molecule has 0 bridgehead atoms. The van der Waals surface area contributed by atoms with Gasteiger partial charge in [-0.2, -0.15) is 0 Å². The summed E-state index contributed by atoms with van der Waals surface area (Å²) >= 11 is 0. The molecule has 0 spiro atoms. The molecular weight excluding hydrogens is 176 g/mol. The summed E-state index contributed by atoms with van der Waals surface area (Å²) in [5.41, 5.74) is 7.89. The molecule has 1 atom stereocenters. The van der Waals surface area contributed by atoms with Crippen LogP contribution in [0.25, 0.3) is 10.4 Å². The Hall–Kier alpha value is -1.46. The Balaban J connectivity index is 2.49. The minimum atomic E-state index is -0.700. The summed E-state index contributed by atoms with van der Waals surface area (Å²) < 4.78 is 0. The van der Waals surface area contributed by atoms with E-state index in [0.29, 0.717) is 6.54 Å². The van der Waals surface area contributed by atoms with E-state index in [2.05, 4.69) is 15.0 Å². The number of likely N-dealkylation sites (tertiary alicyclic amines) is 1. The van der Waals surface area contributed by atoms with Crippen LogP contribution >= 0.6 is 0 Å². The molecule has 0 aromatic heterocycles. The molecule has 0 radical (unpaired) electrons. The maximum absolute atomic E-state index is 11.1. The molecule has 1 aliphatic rings. The molecular formula is C6H10N4O3. The van der Waals surface area contributed by atoms with Gasteiger partial charge in [-0.05, 0) is 18.4 Å². The van der Waals surface area contributed by atoms with Gasteiger partial charge >= 0.3 is 6.09 Å². The quantitative estimate of drug-likeness (QED) is 0.299. The van der Waals surface area contributed by atoms with E-state index in [1.165, 1.54) is 4.90 Å². The summed E-state index contributed by atoms with van der Waals surface area (Å²) in [6.07, 6.45) is 0.882. The molecule has 7 nitrogen and oxygen atoms in total. The number of aliphatic hydroxyl groups is 1. The fourth-order valence-corrected chi connectivity index (χ4v) is 1.37. The van der Waals surface area contributed by atoms with Crippen LogP contribution < -0.4 is 0 Å². The normalized spacial score (nSPS) is 21.0. The lowest BCUT2D eigenvalue weighted by molar-refractivity contribution is 0.0853. The SMILES string of the molecule is [N-]=[N+]=NOC(=O)N1CCCC1CO. The highest BCUT2D eigenvalue weighted by Crippen LogP contribution is 2.17. The lowest BCUT2D eigenvalue weighted by atomic mass is 10.2. The molecule has 0 saturated carbocycles. The molecule has 7 heteroatoms. The highest BCUT2D eigenvalue weighted by molar-refractivity contribution is 5.68. The van der Waals surface area contributed by atoms with Crippen molar-refractivity contribution < 1.29 is 14.7 Å². The van der Waals surface area contributed by atoms with Gasteiger partial charge in [0.2, 0.25) is 0 Å². The third-order valence-corrected chi connectivity index (χ3v) is 1.98. The van der Waals surface area contributed by atoms with Gasteiger partial charge in [0.15, 0.2) is 0 Å². The molecule has 1 rings (SSSR count). The second-order valence-electron chi connectivity index (χ2n) is 2.70. The van der Waals surface area contributed by atoms with Gasteiger partial charge in [-0.25, -0.2) is 4.79 Å². The average molecular weight is 186 g/mol. The van der Waals surface area contributed by atoms with Crippen LogP contribution in [0.4, 0.5) is 4.79 Å². The highest BCUT2D eigenvalue weighted by Gasteiger charge is 2.29. The molecule has 13 heavy (non-hydrogen) atoms. The number of hydrogen-bond acceptors (Lipinski definition) is 4. The predicted octanol–water partition coefficient (Wildman–Crippen LogP) is 0.805. The Labute approximate surface area is 74.5 Å². The standard InChI is InChI=1S/C6H10N4O3/c7-8-9-13-6(12)10-3-1-2-5(10)4-11/h5,11H,1-4H2. The monoisotopic (exact) mass is 186 g/mol. The van der Waals surface area contributed by atoms with E-state index in [-0.39, 0.29) is 12.6 Å². The number of rotatable bonds is 2. The largest absolute Gasteiger partial charge is 0.421 e. The first-order valence-corrected chi connectivity index (χ1v) is 3.92. The first kappa shape index (κ1) is 9.63. The summed E-state index contributed by atoms with van der Waals surface area (Å²) in [5, 5.41) is 11.6. The van der Waals surface area contributed by atoms with E-state index in [4.69, 9.17) is 10.6 Å². The van der Waals surface area contributed by atoms with Crippen molar-refractivity contribution in [2.75, 3.05) is 13.2 Å². The maximum Gasteiger partial charge on any atom is 0.421 e. The molecule has 0 aromatic rings. The number of hydrogen-bond donors (Lipinski definition) is 1. The fraction of sp³-hybridized carbons (Fsp3) is 0.833. The van der Waals surface area contributed by atoms with Crippen molar-refractivity contribution in [1.29, 1.82) is 0 Å². The molecule has 1 heterocycles. The highest BCUT2D eigenvalue weighted by atomic mass is 16.7. The minimum Gasteiger partial charge on any atom is -0.394 e. The van der Waals surface area contributed by atoms with Gasteiger partial charge in [0, 0.05) is 11.5 Å². The molecule has 0 aromatic carbocycles. The van der Waals surface area contributed by atoms with E-state index in [0.717, 1.165) is 12.8 Å². The van der Waals surface area contributed by atoms with Crippen molar-refractivity contribution in [1.82, 2.24) is 4.90 Å². The molecule has 1 fully saturated rings. The average Bonchev–Trinajstić information content (AvgIpc) is 2.61. The van der Waals surface area contributed by atoms with E-state index in [9.17, 15) is 4.79 Å². The van der Waals surface area contributed by atoms with Crippen molar-refractivity contribution in [3.63, 3.8) is 0 Å². The molecule has 0 aliphatic carbocycles. The third kappa shape index (κ3) is 2.24. The van der Waals surface area contributed by atoms with E-state index in [1.807, 2.05) is 0 Å². The van der Waals surface area contributed by atoms with Crippen LogP contribution in [0.2, 0.25) is 0 Å². The van der Waals surface area contributed by atoms with Crippen molar-refractivity contribution in [3.8, 4) is 0 Å². The van der Waals surface area contributed by atoms with Gasteiger partial charge in [-0.1, -0.05) is 0 Å². The minimum absolute atomic E-state index is 0.0919. The van der Waals surface area contributed by atoms with Crippen LogP contribution in [0.15, 0.2) is 5.28 Å². The summed E-state index contributed by atoms with van der Waals surface area (Å²) in [7, 11) is 0. The summed E-state index contributed by atoms with van der Waals surface area (Å²) in [6.45, 7) is 0.441. The third-order valence-electron chi connectivity index (χ3n) is 1.98. The molecule has 72 valence electrons. The first-order chi connectivity index (χ1) is 6.29. The van der Waals surface area contributed by atoms with Gasteiger partial charge in [0.05, 0.1) is 12.6 Å². The van der Waals surface area contributed by atoms with E-state index >= 15 is 0 Å². The number of carbonyl (C=O) groups excluding carboxylic acids is 1. The number of nitrogens with zero attached hydrogens (tertiary/aromatic N) is 4. The maximum atomic E-state index is 11.1. The van der Waals surface area contributed by atoms with Crippen molar-refractivity contribution in [2.24, 2.45) is 5.28 Å². The Bertz CT molecular complexity index is 238. The smallest absolute Gasteiger partial charge is 0.394 e. The van der Waals surface area contributed by atoms with Gasteiger partial charge < -0.3 is 14.8 Å². The molecule has 1 aliphatic heterocycles. The van der Waals surface area contributed by atoms with Gasteiger partial charge in [0.25, 0.3) is 0 Å². The molecule has 1 unspecified atom stereocenters. The zero-order valence-electron chi connectivity index (χ0n) is 6.96.